The van der Waals surface area contributed by atoms with Crippen molar-refractivity contribution in [3.63, 3.8) is 0 Å². The molecule has 3 aromatic rings. The zero-order chi connectivity index (χ0) is 16.4. The average molecular weight is 357 g/mol. The number of nitrogens with zero attached hydrogens (tertiary/aromatic N) is 4. The maximum absolute atomic E-state index is 12.9. The minimum atomic E-state index is 0.0815. The Labute approximate surface area is 148 Å². The first-order chi connectivity index (χ1) is 11.8. The Morgan fingerprint density at radius 2 is 2.00 bits per heavy atom. The molecular formula is C17H17N4OS2+. The fourth-order valence-electron chi connectivity index (χ4n) is 2.83. The summed E-state index contributed by atoms with van der Waals surface area (Å²) in [5.41, 5.74) is 2.84. The minimum absolute atomic E-state index is 0.0815. The van der Waals surface area contributed by atoms with Gasteiger partial charge in [0.15, 0.2) is 0 Å². The molecular weight excluding hydrogens is 340 g/mol. The molecule has 4 heterocycles. The van der Waals surface area contributed by atoms with Gasteiger partial charge in [0.1, 0.15) is 24.6 Å². The van der Waals surface area contributed by atoms with Gasteiger partial charge in [0.2, 0.25) is 0 Å². The molecule has 1 fully saturated rings. The van der Waals surface area contributed by atoms with Crippen molar-refractivity contribution in [2.24, 2.45) is 0 Å². The van der Waals surface area contributed by atoms with E-state index in [9.17, 15) is 4.79 Å². The molecule has 5 nitrogen and oxygen atoms in total. The van der Waals surface area contributed by atoms with Gasteiger partial charge in [-0.15, -0.1) is 23.5 Å². The Bertz CT molecular complexity index is 907. The topological polar surface area (TPSA) is 51.1 Å². The van der Waals surface area contributed by atoms with Crippen LogP contribution in [0.4, 0.5) is 0 Å². The largest absolute Gasteiger partial charge is 0.347 e. The van der Waals surface area contributed by atoms with Gasteiger partial charge < -0.3 is 0 Å². The highest BCUT2D eigenvalue weighted by atomic mass is 32.2. The van der Waals surface area contributed by atoms with Crippen LogP contribution in [0, 0.1) is 0 Å². The number of pyridine rings is 1. The third kappa shape index (κ3) is 3.06. The molecule has 0 bridgehead atoms. The van der Waals surface area contributed by atoms with Gasteiger partial charge in [-0.25, -0.2) is 19.3 Å². The first kappa shape index (κ1) is 15.7. The third-order valence-corrected chi connectivity index (χ3v) is 6.92. The average Bonchev–Trinajstić information content (AvgIpc) is 2.66. The Hall–Kier alpha value is -1.86. The van der Waals surface area contributed by atoms with Gasteiger partial charge in [0.05, 0.1) is 10.8 Å². The summed E-state index contributed by atoms with van der Waals surface area (Å²) in [7, 11) is 0. The second-order valence-corrected chi connectivity index (χ2v) is 8.34. The van der Waals surface area contributed by atoms with Gasteiger partial charge in [-0.3, -0.25) is 0 Å². The summed E-state index contributed by atoms with van der Waals surface area (Å²) >= 11 is 3.73. The molecule has 4 rings (SSSR count). The van der Waals surface area contributed by atoms with E-state index in [1.54, 1.807) is 4.40 Å². The summed E-state index contributed by atoms with van der Waals surface area (Å²) in [6.07, 6.45) is 10.2. The molecule has 0 atom stereocenters. The summed E-state index contributed by atoms with van der Waals surface area (Å²) in [6.45, 7) is 0.643. The van der Waals surface area contributed by atoms with E-state index in [0.29, 0.717) is 6.54 Å². The van der Waals surface area contributed by atoms with E-state index < -0.39 is 0 Å². The number of hydrogen-bond acceptors (Lipinski definition) is 5. The van der Waals surface area contributed by atoms with Crippen LogP contribution in [0.15, 0.2) is 54.1 Å². The normalized spacial score (nSPS) is 15.7. The van der Waals surface area contributed by atoms with Crippen LogP contribution in [0.5, 0.6) is 0 Å². The van der Waals surface area contributed by atoms with Crippen LogP contribution in [0.25, 0.3) is 5.65 Å². The van der Waals surface area contributed by atoms with Crippen molar-refractivity contribution in [1.82, 2.24) is 14.4 Å². The molecule has 0 unspecified atom stereocenters. The van der Waals surface area contributed by atoms with Gasteiger partial charge in [-0.2, -0.15) is 4.40 Å². The van der Waals surface area contributed by atoms with Gasteiger partial charge in [0.25, 0.3) is 5.65 Å². The number of rotatable bonds is 3. The summed E-state index contributed by atoms with van der Waals surface area (Å²) in [5, 5.41) is 0. The van der Waals surface area contributed by atoms with E-state index in [-0.39, 0.29) is 10.1 Å². The van der Waals surface area contributed by atoms with E-state index >= 15 is 0 Å². The predicted octanol–water partition coefficient (Wildman–Crippen LogP) is 2.29. The fraction of sp³-hybridized carbons (Fsp3) is 0.294. The lowest BCUT2D eigenvalue weighted by Gasteiger charge is -2.20. The fourth-order valence-corrected chi connectivity index (χ4v) is 5.71. The van der Waals surface area contributed by atoms with E-state index in [2.05, 4.69) is 14.5 Å². The van der Waals surface area contributed by atoms with Gasteiger partial charge in [-0.1, -0.05) is 6.07 Å². The minimum Gasteiger partial charge on any atom is -0.244 e. The number of thioether (sulfide) groups is 2. The van der Waals surface area contributed by atoms with Gasteiger partial charge in [-0.05, 0) is 24.0 Å². The highest BCUT2D eigenvalue weighted by Crippen LogP contribution is 2.41. The monoisotopic (exact) mass is 357 g/mol. The van der Waals surface area contributed by atoms with Crippen molar-refractivity contribution >= 4 is 29.2 Å². The molecule has 1 saturated heterocycles. The third-order valence-electron chi connectivity index (χ3n) is 3.94. The maximum Gasteiger partial charge on any atom is 0.347 e. The molecule has 122 valence electrons. The molecule has 3 aromatic heterocycles. The SMILES string of the molecule is O=c1c(C2SCCCS2)c[n+](Cc2cncnc2)c2ccccn12. The molecule has 0 radical (unpaired) electrons. The molecule has 0 N–H and O–H groups in total. The summed E-state index contributed by atoms with van der Waals surface area (Å²) in [4.78, 5) is 21.1. The maximum atomic E-state index is 12.9. The molecule has 0 aromatic carbocycles. The molecule has 0 spiro atoms. The highest BCUT2D eigenvalue weighted by Gasteiger charge is 2.25. The van der Waals surface area contributed by atoms with Crippen LogP contribution in [0.2, 0.25) is 0 Å². The van der Waals surface area contributed by atoms with E-state index in [1.165, 1.54) is 12.7 Å². The number of aromatic nitrogens is 4. The van der Waals surface area contributed by atoms with Crippen LogP contribution in [0.1, 0.15) is 22.1 Å². The molecule has 7 heteroatoms. The van der Waals surface area contributed by atoms with Gasteiger partial charge in [0, 0.05) is 24.0 Å². The number of fused-ring (bicyclic) bond motifs is 1. The standard InChI is InChI=1S/C17H17N4OS2/c22-16-14(17-23-6-3-7-24-17)11-20(10-13-8-18-12-19-9-13)15-4-1-2-5-21(15)16/h1-2,4-5,8-9,11-12,17H,3,6-7,10H2/q+1. The van der Waals surface area contributed by atoms with Crippen molar-refractivity contribution in [3.05, 3.63) is 70.8 Å². The zero-order valence-corrected chi connectivity index (χ0v) is 14.7. The molecule has 0 saturated carbocycles. The van der Waals surface area contributed by atoms with Crippen LogP contribution in [0.3, 0.4) is 0 Å². The van der Waals surface area contributed by atoms with Crippen molar-refractivity contribution in [1.29, 1.82) is 0 Å². The van der Waals surface area contributed by atoms with Crippen molar-refractivity contribution < 1.29 is 4.57 Å². The first-order valence-electron chi connectivity index (χ1n) is 7.84. The van der Waals surface area contributed by atoms with Crippen LogP contribution >= 0.6 is 23.5 Å². The zero-order valence-electron chi connectivity index (χ0n) is 13.0. The smallest absolute Gasteiger partial charge is 0.244 e. The van der Waals surface area contributed by atoms with E-state index in [0.717, 1.165) is 28.3 Å². The van der Waals surface area contributed by atoms with E-state index in [1.807, 2.05) is 66.5 Å². The van der Waals surface area contributed by atoms with Gasteiger partial charge >= 0.3 is 5.56 Å². The van der Waals surface area contributed by atoms with Crippen LogP contribution < -0.4 is 10.1 Å². The lowest BCUT2D eigenvalue weighted by atomic mass is 10.3. The summed E-state index contributed by atoms with van der Waals surface area (Å²) < 4.78 is 4.07. The van der Waals surface area contributed by atoms with Crippen LogP contribution in [-0.4, -0.2) is 25.9 Å². The van der Waals surface area contributed by atoms with E-state index in [4.69, 9.17) is 0 Å². The molecule has 1 aliphatic heterocycles. The van der Waals surface area contributed by atoms with Crippen molar-refractivity contribution in [3.8, 4) is 0 Å². The quantitative estimate of drug-likeness (QED) is 0.673. The summed E-state index contributed by atoms with van der Waals surface area (Å²) in [6, 6.07) is 5.82. The molecule has 0 amide bonds. The molecule has 1 aliphatic rings. The molecule has 24 heavy (non-hydrogen) atoms. The van der Waals surface area contributed by atoms with Crippen molar-refractivity contribution in [2.45, 2.75) is 17.5 Å². The Balaban J connectivity index is 1.85. The first-order valence-corrected chi connectivity index (χ1v) is 9.93. The predicted molar refractivity (Wildman–Crippen MR) is 97.3 cm³/mol. The Morgan fingerprint density at radius 1 is 1.21 bits per heavy atom. The second kappa shape index (κ2) is 6.94. The Morgan fingerprint density at radius 3 is 2.79 bits per heavy atom. The lowest BCUT2D eigenvalue weighted by Crippen LogP contribution is -2.42. The van der Waals surface area contributed by atoms with Crippen LogP contribution in [-0.2, 0) is 6.54 Å². The molecule has 0 aliphatic carbocycles. The summed E-state index contributed by atoms with van der Waals surface area (Å²) in [5.74, 6) is 2.22. The highest BCUT2D eigenvalue weighted by molar-refractivity contribution is 8.16. The number of hydrogen-bond donors (Lipinski definition) is 0. The second-order valence-electron chi connectivity index (χ2n) is 5.62. The Kier molecular flexibility index (Phi) is 4.53. The van der Waals surface area contributed by atoms with Crippen molar-refractivity contribution in [2.75, 3.05) is 11.5 Å². The lowest BCUT2D eigenvalue weighted by molar-refractivity contribution is -0.666.